The van der Waals surface area contributed by atoms with E-state index in [2.05, 4.69) is 22.5 Å². The van der Waals surface area contributed by atoms with Gasteiger partial charge in [-0.05, 0) is 22.5 Å². The first-order valence-corrected chi connectivity index (χ1v) is 4.14. The van der Waals surface area contributed by atoms with Gasteiger partial charge < -0.3 is 0 Å². The minimum Gasteiger partial charge on any atom is -0.256 e. The Kier molecular flexibility index (Phi) is 28.2. The molecule has 0 unspecified atom stereocenters. The molecular formula is Cl2O2P2. The van der Waals surface area contributed by atoms with Gasteiger partial charge in [-0.25, -0.2) is 0 Å². The molecule has 2 nitrogen and oxygen atoms in total. The second-order valence-electron chi connectivity index (χ2n) is 0.138. The topological polar surface area (TPSA) is 34.1 Å². The van der Waals surface area contributed by atoms with Gasteiger partial charge in [-0.3, -0.25) is 9.13 Å². The summed E-state index contributed by atoms with van der Waals surface area (Å²) in [4.78, 5) is 0. The van der Waals surface area contributed by atoms with Crippen molar-refractivity contribution in [2.24, 2.45) is 0 Å². The lowest BCUT2D eigenvalue weighted by molar-refractivity contribution is 0.604. The Morgan fingerprint density at radius 2 is 1.00 bits per heavy atom. The monoisotopic (exact) mass is 164 g/mol. The number of hydrogen-bond donors (Lipinski definition) is 0. The molecule has 0 aliphatic carbocycles. The van der Waals surface area contributed by atoms with E-state index in [1.807, 2.05) is 0 Å². The van der Waals surface area contributed by atoms with Gasteiger partial charge in [-0.15, -0.1) is 0 Å². The molecule has 36 valence electrons. The second-order valence-corrected chi connectivity index (χ2v) is 1.24. The molecule has 0 N–H and O–H groups in total. The zero-order valence-electron chi connectivity index (χ0n) is 2.47. The Bertz CT molecular complexity index is 30.5. The smallest absolute Gasteiger partial charge is 0.256 e. The van der Waals surface area contributed by atoms with Gasteiger partial charge in [0.05, 0.1) is 0 Å². The lowest BCUT2D eigenvalue weighted by atomic mass is 16.0. The summed E-state index contributed by atoms with van der Waals surface area (Å²) in [7, 11) is -0.722. The van der Waals surface area contributed by atoms with E-state index in [0.29, 0.717) is 0 Å². The molecule has 0 atom stereocenters. The van der Waals surface area contributed by atoms with E-state index in [0.717, 1.165) is 0 Å². The van der Waals surface area contributed by atoms with Crippen LogP contribution in [0.15, 0.2) is 0 Å². The average molecular weight is 165 g/mol. The van der Waals surface area contributed by atoms with Crippen LogP contribution in [-0.4, -0.2) is 0 Å². The third-order valence-electron chi connectivity index (χ3n) is 0. The molecule has 0 aliphatic heterocycles. The minimum absolute atomic E-state index is 0.361. The Labute approximate surface area is 47.8 Å². The van der Waals surface area contributed by atoms with Gasteiger partial charge in [-0.1, -0.05) is 0 Å². The molecule has 0 saturated heterocycles. The molecule has 0 aromatic heterocycles. The lowest BCUT2D eigenvalue weighted by Gasteiger charge is -1.16. The summed E-state index contributed by atoms with van der Waals surface area (Å²) in [6.07, 6.45) is 0. The van der Waals surface area contributed by atoms with Crippen LogP contribution in [0, 0.1) is 0 Å². The van der Waals surface area contributed by atoms with E-state index < -0.39 is 0 Å². The van der Waals surface area contributed by atoms with Crippen LogP contribution in [0.4, 0.5) is 0 Å². The van der Waals surface area contributed by atoms with Crippen molar-refractivity contribution in [3.63, 3.8) is 0 Å². The Hall–Kier alpha value is 0.780. The van der Waals surface area contributed by atoms with Crippen molar-refractivity contribution < 1.29 is 9.13 Å². The Morgan fingerprint density at radius 3 is 1.00 bits per heavy atom. The van der Waals surface area contributed by atoms with Crippen molar-refractivity contribution in [1.82, 2.24) is 0 Å². The molecule has 0 heterocycles. The maximum atomic E-state index is 8.67. The van der Waals surface area contributed by atoms with E-state index in [4.69, 9.17) is 9.13 Å². The van der Waals surface area contributed by atoms with Crippen molar-refractivity contribution in [2.45, 2.75) is 0 Å². The molecule has 0 fully saturated rings. The molecule has 0 spiro atoms. The fraction of sp³-hybridized carbons (Fsp3) is 0. The molecule has 0 amide bonds. The third kappa shape index (κ3) is 112. The fourth-order valence-corrected chi connectivity index (χ4v) is 0. The molecule has 6 heavy (non-hydrogen) atoms. The van der Waals surface area contributed by atoms with Crippen LogP contribution in [0.25, 0.3) is 0 Å². The van der Waals surface area contributed by atoms with Crippen LogP contribution < -0.4 is 0 Å². The largest absolute Gasteiger partial charge is 0.267 e. The summed E-state index contributed by atoms with van der Waals surface area (Å²) >= 11 is 8.83. The summed E-state index contributed by atoms with van der Waals surface area (Å²) in [5.74, 6) is 0. The maximum absolute atomic E-state index is 8.67. The van der Waals surface area contributed by atoms with Crippen LogP contribution in [0.1, 0.15) is 0 Å². The first kappa shape index (κ1) is 9.91. The van der Waals surface area contributed by atoms with Crippen molar-refractivity contribution in [3.8, 4) is 0 Å². The van der Waals surface area contributed by atoms with Crippen LogP contribution in [0.2, 0.25) is 0 Å². The molecule has 0 saturated carbocycles. The van der Waals surface area contributed by atoms with Gasteiger partial charge in [-0.2, -0.15) is 0 Å². The maximum Gasteiger partial charge on any atom is 0.267 e. The standard InChI is InChI=1S/2ClOP/c2*1-3-2. The molecule has 0 rings (SSSR count). The van der Waals surface area contributed by atoms with Crippen LogP contribution >= 0.6 is 38.1 Å². The van der Waals surface area contributed by atoms with E-state index in [1.54, 1.807) is 0 Å². The normalized spacial score (nSPS) is 7.00. The quantitative estimate of drug-likeness (QED) is 0.517. The Balaban J connectivity index is 0. The SMILES string of the molecule is O=PCl.O=PCl. The summed E-state index contributed by atoms with van der Waals surface area (Å²) in [6.45, 7) is 0. The van der Waals surface area contributed by atoms with Gasteiger partial charge in [0, 0.05) is 0 Å². The lowest BCUT2D eigenvalue weighted by Crippen LogP contribution is -0.706. The van der Waals surface area contributed by atoms with Gasteiger partial charge in [0.15, 0.2) is 0 Å². The third-order valence-corrected chi connectivity index (χ3v) is 0. The van der Waals surface area contributed by atoms with Crippen molar-refractivity contribution in [2.75, 3.05) is 0 Å². The highest BCUT2D eigenvalue weighted by Gasteiger charge is 1.33. The van der Waals surface area contributed by atoms with Crippen molar-refractivity contribution in [1.29, 1.82) is 0 Å². The zero-order chi connectivity index (χ0) is 5.41. The first-order valence-electron chi connectivity index (χ1n) is 0.703. The molecule has 0 aliphatic rings. The van der Waals surface area contributed by atoms with Crippen LogP contribution in [0.5, 0.6) is 0 Å². The van der Waals surface area contributed by atoms with Crippen LogP contribution in [-0.2, 0) is 9.13 Å². The molecule has 0 bridgehead atoms. The highest BCUT2D eigenvalue weighted by molar-refractivity contribution is 7.58. The van der Waals surface area contributed by atoms with Crippen LogP contribution in [0.3, 0.4) is 0 Å². The zero-order valence-corrected chi connectivity index (χ0v) is 5.77. The summed E-state index contributed by atoms with van der Waals surface area (Å²) in [5.41, 5.74) is 0. The van der Waals surface area contributed by atoms with Gasteiger partial charge >= 0.3 is 0 Å². The number of halogens is 2. The van der Waals surface area contributed by atoms with E-state index in [1.165, 1.54) is 0 Å². The average Bonchev–Trinajstić information content (AvgIpc) is 1.39. The summed E-state index contributed by atoms with van der Waals surface area (Å²) in [5, 5.41) is 0. The number of hydrogen-bond acceptors (Lipinski definition) is 2. The van der Waals surface area contributed by atoms with E-state index in [-0.39, 0.29) is 15.6 Å². The molecule has 0 aromatic rings. The first-order chi connectivity index (χ1) is 2.83. The summed E-state index contributed by atoms with van der Waals surface area (Å²) in [6, 6.07) is 0. The van der Waals surface area contributed by atoms with Crippen molar-refractivity contribution in [3.05, 3.63) is 0 Å². The minimum atomic E-state index is -0.361. The Morgan fingerprint density at radius 1 is 1.00 bits per heavy atom. The van der Waals surface area contributed by atoms with Gasteiger partial charge in [0.25, 0.3) is 15.6 Å². The summed E-state index contributed by atoms with van der Waals surface area (Å²) < 4.78 is 17.3. The predicted molar refractivity (Wildman–Crippen MR) is 26.9 cm³/mol. The highest BCUT2D eigenvalue weighted by atomic mass is 35.7. The second kappa shape index (κ2) is 17.1. The molecular weight excluding hydrogens is 165 g/mol. The van der Waals surface area contributed by atoms with Gasteiger partial charge in [0.2, 0.25) is 0 Å². The van der Waals surface area contributed by atoms with Crippen molar-refractivity contribution >= 4 is 38.1 Å². The van der Waals surface area contributed by atoms with E-state index in [9.17, 15) is 0 Å². The highest BCUT2D eigenvalue weighted by Crippen LogP contribution is 1.92. The van der Waals surface area contributed by atoms with E-state index >= 15 is 0 Å². The predicted octanol–water partition coefficient (Wildman–Crippen LogP) is 2.86. The fourth-order valence-electron chi connectivity index (χ4n) is 0. The molecule has 0 radical (unpaired) electrons. The molecule has 0 aromatic carbocycles. The molecule has 6 heteroatoms. The number of rotatable bonds is 0. The van der Waals surface area contributed by atoms with Gasteiger partial charge in [0.1, 0.15) is 0 Å².